The molecule has 160 valence electrons. The molecule has 0 saturated carbocycles. The standard InChI is InChI=1S/C20H22FN3O4S2/c1-11(23(5)30(28)20(2,3)4)15-10-29-18(22-15)17(25)14-9-24(19(26)27)16-8-12(21)6-7-13(14)16/h6-11H,1-5H3,(H,26,27)/t11?,30-/m0/s1. The Kier molecular flexibility index (Phi) is 6.06. The van der Waals surface area contributed by atoms with Crippen molar-refractivity contribution in [2.45, 2.75) is 38.5 Å². The van der Waals surface area contributed by atoms with E-state index in [1.54, 1.807) is 16.7 Å². The third kappa shape index (κ3) is 4.13. The molecule has 1 N–H and O–H groups in total. The number of nitrogens with zero attached hydrogens (tertiary/aromatic N) is 3. The van der Waals surface area contributed by atoms with Gasteiger partial charge >= 0.3 is 6.09 Å². The molecule has 1 unspecified atom stereocenters. The number of carbonyl (C=O) groups excluding carboxylic acids is 1. The number of carbonyl (C=O) groups is 2. The Morgan fingerprint density at radius 1 is 1.37 bits per heavy atom. The summed E-state index contributed by atoms with van der Waals surface area (Å²) in [4.78, 5) is 29.0. The highest BCUT2D eigenvalue weighted by atomic mass is 32.2. The minimum Gasteiger partial charge on any atom is -0.597 e. The van der Waals surface area contributed by atoms with Gasteiger partial charge in [0.05, 0.1) is 22.8 Å². The van der Waals surface area contributed by atoms with Crippen LogP contribution >= 0.6 is 11.3 Å². The molecule has 2 atom stereocenters. The SMILES string of the molecule is CC(c1csc(C(=O)c2cn(C(=O)O)c3cc(F)ccc23)n1)N(C)[S@@+]([O-])C(C)(C)C. The molecule has 0 radical (unpaired) electrons. The number of hydrogen-bond donors (Lipinski definition) is 1. The molecule has 0 saturated heterocycles. The van der Waals surface area contributed by atoms with Gasteiger partial charge in [-0.15, -0.1) is 15.6 Å². The lowest BCUT2D eigenvalue weighted by Crippen LogP contribution is -2.42. The van der Waals surface area contributed by atoms with Crippen LogP contribution in [0.2, 0.25) is 0 Å². The smallest absolute Gasteiger partial charge is 0.416 e. The molecule has 0 aliphatic heterocycles. The maximum absolute atomic E-state index is 13.6. The van der Waals surface area contributed by atoms with Gasteiger partial charge in [0.1, 0.15) is 10.6 Å². The van der Waals surface area contributed by atoms with Gasteiger partial charge in [0, 0.05) is 35.4 Å². The third-order valence-corrected chi connectivity index (χ3v) is 7.44. The summed E-state index contributed by atoms with van der Waals surface area (Å²) in [7, 11) is 1.74. The van der Waals surface area contributed by atoms with E-state index in [0.29, 0.717) is 11.1 Å². The van der Waals surface area contributed by atoms with E-state index in [0.717, 1.165) is 22.0 Å². The zero-order valence-corrected chi connectivity index (χ0v) is 18.8. The lowest BCUT2D eigenvalue weighted by atomic mass is 10.1. The van der Waals surface area contributed by atoms with Crippen LogP contribution in [0, 0.1) is 5.82 Å². The summed E-state index contributed by atoms with van der Waals surface area (Å²) in [5.41, 5.74) is 0.820. The van der Waals surface area contributed by atoms with Crippen LogP contribution in [0.15, 0.2) is 29.8 Å². The van der Waals surface area contributed by atoms with Crippen molar-refractivity contribution in [2.24, 2.45) is 0 Å². The van der Waals surface area contributed by atoms with Crippen molar-refractivity contribution in [3.05, 3.63) is 51.9 Å². The van der Waals surface area contributed by atoms with Crippen LogP contribution in [-0.4, -0.2) is 47.2 Å². The molecule has 0 spiro atoms. The predicted octanol–water partition coefficient (Wildman–Crippen LogP) is 4.45. The molecule has 3 rings (SSSR count). The summed E-state index contributed by atoms with van der Waals surface area (Å²) >= 11 is -0.134. The molecule has 7 nitrogen and oxygen atoms in total. The lowest BCUT2D eigenvalue weighted by molar-refractivity contribution is 0.103. The molecule has 0 amide bonds. The second-order valence-electron chi connectivity index (χ2n) is 7.85. The van der Waals surface area contributed by atoms with Gasteiger partial charge in [-0.25, -0.2) is 14.2 Å². The molecule has 10 heteroatoms. The average Bonchev–Trinajstić information content (AvgIpc) is 3.29. The Hall–Kier alpha value is -2.27. The Balaban J connectivity index is 1.95. The first kappa shape index (κ1) is 22.4. The van der Waals surface area contributed by atoms with Crippen LogP contribution in [0.4, 0.5) is 9.18 Å². The van der Waals surface area contributed by atoms with Gasteiger partial charge in [0.15, 0.2) is 5.01 Å². The average molecular weight is 452 g/mol. The van der Waals surface area contributed by atoms with E-state index < -0.39 is 33.8 Å². The van der Waals surface area contributed by atoms with Crippen LogP contribution in [0.1, 0.15) is 54.8 Å². The Morgan fingerprint density at radius 3 is 2.63 bits per heavy atom. The Morgan fingerprint density at radius 2 is 2.03 bits per heavy atom. The zero-order valence-electron chi connectivity index (χ0n) is 17.2. The van der Waals surface area contributed by atoms with Gasteiger partial charge in [-0.1, -0.05) is 0 Å². The van der Waals surface area contributed by atoms with Gasteiger partial charge < -0.3 is 9.66 Å². The van der Waals surface area contributed by atoms with E-state index in [1.807, 2.05) is 27.7 Å². The van der Waals surface area contributed by atoms with Crippen LogP contribution in [0.5, 0.6) is 0 Å². The van der Waals surface area contributed by atoms with Crippen LogP contribution in [-0.2, 0) is 11.4 Å². The molecule has 2 heterocycles. The molecule has 0 aliphatic rings. The molecular formula is C20H22FN3O4S2. The van der Waals surface area contributed by atoms with Gasteiger partial charge in [0.25, 0.3) is 0 Å². The number of hydrogen-bond acceptors (Lipinski definition) is 6. The monoisotopic (exact) mass is 451 g/mol. The summed E-state index contributed by atoms with van der Waals surface area (Å²) in [6, 6.07) is 3.34. The Bertz CT molecular complexity index is 1120. The molecular weight excluding hydrogens is 429 g/mol. The number of benzene rings is 1. The van der Waals surface area contributed by atoms with Gasteiger partial charge in [-0.2, -0.15) is 0 Å². The number of halogens is 1. The van der Waals surface area contributed by atoms with Crippen molar-refractivity contribution in [1.82, 2.24) is 13.9 Å². The van der Waals surface area contributed by atoms with Crippen molar-refractivity contribution < 1.29 is 23.6 Å². The predicted molar refractivity (Wildman–Crippen MR) is 115 cm³/mol. The summed E-state index contributed by atoms with van der Waals surface area (Å²) in [5, 5.41) is 11.6. The Labute approximate surface area is 180 Å². The minimum atomic E-state index is -1.32. The van der Waals surface area contributed by atoms with E-state index in [2.05, 4.69) is 4.98 Å². The number of thiazole rings is 1. The number of aromatic nitrogens is 2. The minimum absolute atomic E-state index is 0.0938. The van der Waals surface area contributed by atoms with E-state index in [9.17, 15) is 23.6 Å². The third-order valence-electron chi connectivity index (χ3n) is 4.69. The van der Waals surface area contributed by atoms with Crippen LogP contribution < -0.4 is 0 Å². The normalized spacial score (nSPS) is 14.3. The summed E-state index contributed by atoms with van der Waals surface area (Å²) in [6.45, 7) is 7.49. The maximum atomic E-state index is 13.6. The van der Waals surface area contributed by atoms with Crippen LogP contribution in [0.25, 0.3) is 10.9 Å². The van der Waals surface area contributed by atoms with Crippen molar-refractivity contribution in [2.75, 3.05) is 7.05 Å². The first-order chi connectivity index (χ1) is 13.9. The highest BCUT2D eigenvalue weighted by molar-refractivity contribution is 7.90. The molecule has 0 fully saturated rings. The highest BCUT2D eigenvalue weighted by Crippen LogP contribution is 2.30. The fraction of sp³-hybridized carbons (Fsp3) is 0.350. The highest BCUT2D eigenvalue weighted by Gasteiger charge is 2.35. The van der Waals surface area contributed by atoms with E-state index in [1.165, 1.54) is 18.3 Å². The molecule has 1 aromatic carbocycles. The first-order valence-electron chi connectivity index (χ1n) is 9.10. The fourth-order valence-electron chi connectivity index (χ4n) is 3.00. The largest absolute Gasteiger partial charge is 0.597 e. The molecule has 3 aromatic rings. The molecule has 0 aliphatic carbocycles. The molecule has 30 heavy (non-hydrogen) atoms. The van der Waals surface area contributed by atoms with E-state index >= 15 is 0 Å². The summed E-state index contributed by atoms with van der Waals surface area (Å²) in [6.07, 6.45) is -0.135. The number of ketones is 1. The fourth-order valence-corrected chi connectivity index (χ4v) is 5.11. The number of rotatable bonds is 5. The summed E-state index contributed by atoms with van der Waals surface area (Å²) < 4.78 is 28.3. The van der Waals surface area contributed by atoms with Gasteiger partial charge in [-0.3, -0.25) is 9.36 Å². The molecule has 2 aromatic heterocycles. The quantitative estimate of drug-likeness (QED) is 0.455. The maximum Gasteiger partial charge on any atom is 0.416 e. The lowest BCUT2D eigenvalue weighted by Gasteiger charge is -2.32. The van der Waals surface area contributed by atoms with Gasteiger partial charge in [0.2, 0.25) is 5.78 Å². The van der Waals surface area contributed by atoms with Crippen LogP contribution in [0.3, 0.4) is 0 Å². The zero-order chi connectivity index (χ0) is 22.4. The molecule has 0 bridgehead atoms. The van der Waals surface area contributed by atoms with Crippen molar-refractivity contribution in [3.63, 3.8) is 0 Å². The second-order valence-corrected chi connectivity index (χ2v) is 11.0. The topological polar surface area (TPSA) is 98.5 Å². The van der Waals surface area contributed by atoms with Gasteiger partial charge in [-0.05, 0) is 45.9 Å². The van der Waals surface area contributed by atoms with Crippen molar-refractivity contribution in [1.29, 1.82) is 0 Å². The number of fused-ring (bicyclic) bond motifs is 1. The number of carboxylic acid groups (broad SMARTS) is 1. The van der Waals surface area contributed by atoms with E-state index in [-0.39, 0.29) is 22.1 Å². The van der Waals surface area contributed by atoms with E-state index in [4.69, 9.17) is 0 Å². The van der Waals surface area contributed by atoms with Crippen molar-refractivity contribution >= 4 is 45.5 Å². The second kappa shape index (κ2) is 8.10. The van der Waals surface area contributed by atoms with Crippen molar-refractivity contribution in [3.8, 4) is 0 Å². The first-order valence-corrected chi connectivity index (χ1v) is 11.1. The summed E-state index contributed by atoms with van der Waals surface area (Å²) in [5.74, 6) is -1.04.